The number of fused-ring (bicyclic) bond motifs is 1. The third kappa shape index (κ3) is 2.55. The predicted molar refractivity (Wildman–Crippen MR) is 82.7 cm³/mol. The van der Waals surface area contributed by atoms with Gasteiger partial charge in [-0.25, -0.2) is 9.78 Å². The molecule has 1 fully saturated rings. The van der Waals surface area contributed by atoms with Crippen LogP contribution < -0.4 is 0 Å². The molecule has 0 saturated heterocycles. The van der Waals surface area contributed by atoms with E-state index in [4.69, 9.17) is 0 Å². The van der Waals surface area contributed by atoms with Crippen LogP contribution in [0.15, 0.2) is 18.2 Å². The molecule has 0 spiro atoms. The van der Waals surface area contributed by atoms with Gasteiger partial charge in [0.2, 0.25) is 0 Å². The molecule has 1 saturated carbocycles. The Labute approximate surface area is 124 Å². The number of hydrogen-bond donors (Lipinski definition) is 1. The number of carboxylic acids is 1. The van der Waals surface area contributed by atoms with Gasteiger partial charge >= 0.3 is 5.97 Å². The third-order valence-corrected chi connectivity index (χ3v) is 4.76. The molecule has 0 aliphatic heterocycles. The SMILES string of the molecule is Cc1nc2ccc(C(=O)O)cc2n1C1CCCCCC1C. The minimum absolute atomic E-state index is 0.338. The fraction of sp³-hybridized carbons (Fsp3) is 0.529. The van der Waals surface area contributed by atoms with Crippen molar-refractivity contribution in [2.24, 2.45) is 5.92 Å². The Kier molecular flexibility index (Phi) is 3.70. The monoisotopic (exact) mass is 286 g/mol. The molecule has 1 N–H and O–H groups in total. The van der Waals surface area contributed by atoms with Gasteiger partial charge in [-0.15, -0.1) is 0 Å². The van der Waals surface area contributed by atoms with Crippen LogP contribution in [0, 0.1) is 12.8 Å². The van der Waals surface area contributed by atoms with Crippen molar-refractivity contribution < 1.29 is 9.90 Å². The molecule has 2 aromatic rings. The number of nitrogens with zero attached hydrogens (tertiary/aromatic N) is 2. The molecule has 1 aromatic carbocycles. The van der Waals surface area contributed by atoms with Crippen molar-refractivity contribution in [3.63, 3.8) is 0 Å². The van der Waals surface area contributed by atoms with Crippen LogP contribution in [-0.4, -0.2) is 20.6 Å². The largest absolute Gasteiger partial charge is 0.478 e. The van der Waals surface area contributed by atoms with E-state index in [0.29, 0.717) is 17.5 Å². The Morgan fingerprint density at radius 3 is 2.81 bits per heavy atom. The molecule has 4 heteroatoms. The van der Waals surface area contributed by atoms with Crippen LogP contribution in [0.25, 0.3) is 11.0 Å². The lowest BCUT2D eigenvalue weighted by Gasteiger charge is -2.25. The molecule has 0 amide bonds. The summed E-state index contributed by atoms with van der Waals surface area (Å²) in [6.45, 7) is 4.33. The summed E-state index contributed by atoms with van der Waals surface area (Å²) >= 11 is 0. The summed E-state index contributed by atoms with van der Waals surface area (Å²) in [6.07, 6.45) is 6.23. The Morgan fingerprint density at radius 2 is 2.05 bits per heavy atom. The van der Waals surface area contributed by atoms with Gasteiger partial charge in [0.1, 0.15) is 5.82 Å². The maximum atomic E-state index is 11.2. The van der Waals surface area contributed by atoms with Gasteiger partial charge in [0.15, 0.2) is 0 Å². The number of hydrogen-bond acceptors (Lipinski definition) is 2. The summed E-state index contributed by atoms with van der Waals surface area (Å²) in [5.41, 5.74) is 2.20. The smallest absolute Gasteiger partial charge is 0.335 e. The molecule has 0 bridgehead atoms. The fourth-order valence-corrected chi connectivity index (χ4v) is 3.62. The van der Waals surface area contributed by atoms with Gasteiger partial charge in [-0.1, -0.05) is 26.2 Å². The lowest BCUT2D eigenvalue weighted by Crippen LogP contribution is -2.17. The Morgan fingerprint density at radius 1 is 1.29 bits per heavy atom. The number of aromatic nitrogens is 2. The van der Waals surface area contributed by atoms with E-state index >= 15 is 0 Å². The highest BCUT2D eigenvalue weighted by molar-refractivity contribution is 5.92. The fourth-order valence-electron chi connectivity index (χ4n) is 3.62. The highest BCUT2D eigenvalue weighted by atomic mass is 16.4. The number of aryl methyl sites for hydroxylation is 1. The molecule has 2 atom stereocenters. The first-order valence-corrected chi connectivity index (χ1v) is 7.80. The minimum atomic E-state index is -0.879. The zero-order valence-corrected chi connectivity index (χ0v) is 12.7. The standard InChI is InChI=1S/C17H22N2O2/c1-11-6-4-3-5-7-15(11)19-12(2)18-14-9-8-13(17(20)21)10-16(14)19/h8-11,15H,3-7H2,1-2H3,(H,20,21). The molecule has 0 radical (unpaired) electrons. The topological polar surface area (TPSA) is 55.1 Å². The summed E-state index contributed by atoms with van der Waals surface area (Å²) in [5, 5.41) is 9.22. The quantitative estimate of drug-likeness (QED) is 0.842. The maximum absolute atomic E-state index is 11.2. The number of carbonyl (C=O) groups is 1. The second kappa shape index (κ2) is 5.51. The van der Waals surface area contributed by atoms with Crippen molar-refractivity contribution in [2.45, 2.75) is 52.0 Å². The van der Waals surface area contributed by atoms with Crippen LogP contribution in [0.2, 0.25) is 0 Å². The molecule has 1 heterocycles. The molecular weight excluding hydrogens is 264 g/mol. The maximum Gasteiger partial charge on any atom is 0.335 e. The van der Waals surface area contributed by atoms with Crippen molar-refractivity contribution in [3.05, 3.63) is 29.6 Å². The normalized spacial score (nSPS) is 23.1. The molecular formula is C17H22N2O2. The van der Waals surface area contributed by atoms with Gasteiger partial charge in [-0.2, -0.15) is 0 Å². The van der Waals surface area contributed by atoms with Gasteiger partial charge < -0.3 is 9.67 Å². The van der Waals surface area contributed by atoms with Gasteiger partial charge in [0.05, 0.1) is 16.6 Å². The first kappa shape index (κ1) is 14.1. The first-order chi connectivity index (χ1) is 10.1. The number of benzene rings is 1. The average molecular weight is 286 g/mol. The summed E-state index contributed by atoms with van der Waals surface area (Å²) in [7, 11) is 0. The van der Waals surface area contributed by atoms with Crippen LogP contribution in [0.4, 0.5) is 0 Å². The lowest BCUT2D eigenvalue weighted by molar-refractivity contribution is 0.0697. The van der Waals surface area contributed by atoms with Crippen molar-refractivity contribution in [1.29, 1.82) is 0 Å². The van der Waals surface area contributed by atoms with E-state index < -0.39 is 5.97 Å². The molecule has 3 rings (SSSR count). The number of carboxylic acid groups (broad SMARTS) is 1. The van der Waals surface area contributed by atoms with Crippen molar-refractivity contribution in [3.8, 4) is 0 Å². The van der Waals surface area contributed by atoms with Crippen LogP contribution in [-0.2, 0) is 0 Å². The van der Waals surface area contributed by atoms with Gasteiger partial charge in [-0.3, -0.25) is 0 Å². The highest BCUT2D eigenvalue weighted by Gasteiger charge is 2.25. The van der Waals surface area contributed by atoms with E-state index in [1.165, 1.54) is 25.7 Å². The Hall–Kier alpha value is -1.84. The number of aromatic carboxylic acids is 1. The second-order valence-electron chi connectivity index (χ2n) is 6.22. The molecule has 21 heavy (non-hydrogen) atoms. The number of rotatable bonds is 2. The molecule has 2 unspecified atom stereocenters. The Balaban J connectivity index is 2.13. The van der Waals surface area contributed by atoms with Crippen LogP contribution in [0.3, 0.4) is 0 Å². The zero-order valence-electron chi connectivity index (χ0n) is 12.7. The van der Waals surface area contributed by atoms with E-state index in [0.717, 1.165) is 23.3 Å². The predicted octanol–water partition coefficient (Wildman–Crippen LogP) is 4.18. The van der Waals surface area contributed by atoms with Gasteiger partial charge in [-0.05, 0) is 43.9 Å². The van der Waals surface area contributed by atoms with Gasteiger partial charge in [0, 0.05) is 6.04 Å². The molecule has 112 valence electrons. The molecule has 4 nitrogen and oxygen atoms in total. The summed E-state index contributed by atoms with van der Waals surface area (Å²) < 4.78 is 2.28. The number of imidazole rings is 1. The van der Waals surface area contributed by atoms with Crippen molar-refractivity contribution in [2.75, 3.05) is 0 Å². The van der Waals surface area contributed by atoms with E-state index in [-0.39, 0.29) is 0 Å². The summed E-state index contributed by atoms with van der Waals surface area (Å²) in [4.78, 5) is 15.9. The molecule has 1 aliphatic carbocycles. The van der Waals surface area contributed by atoms with Crippen LogP contribution in [0.5, 0.6) is 0 Å². The second-order valence-corrected chi connectivity index (χ2v) is 6.22. The van der Waals surface area contributed by atoms with Crippen LogP contribution >= 0.6 is 0 Å². The van der Waals surface area contributed by atoms with E-state index in [1.807, 2.05) is 13.0 Å². The average Bonchev–Trinajstić information content (AvgIpc) is 2.62. The zero-order chi connectivity index (χ0) is 15.0. The van der Waals surface area contributed by atoms with Gasteiger partial charge in [0.25, 0.3) is 0 Å². The van der Waals surface area contributed by atoms with Crippen molar-refractivity contribution in [1.82, 2.24) is 9.55 Å². The third-order valence-electron chi connectivity index (χ3n) is 4.76. The van der Waals surface area contributed by atoms with E-state index in [9.17, 15) is 9.90 Å². The highest BCUT2D eigenvalue weighted by Crippen LogP contribution is 2.35. The summed E-state index contributed by atoms with van der Waals surface area (Å²) in [6, 6.07) is 5.67. The van der Waals surface area contributed by atoms with E-state index in [1.54, 1.807) is 12.1 Å². The van der Waals surface area contributed by atoms with Crippen molar-refractivity contribution >= 4 is 17.0 Å². The van der Waals surface area contributed by atoms with E-state index in [2.05, 4.69) is 16.5 Å². The van der Waals surface area contributed by atoms with Crippen LogP contribution in [0.1, 0.15) is 61.3 Å². The first-order valence-electron chi connectivity index (χ1n) is 7.80. The molecule has 1 aromatic heterocycles. The Bertz CT molecular complexity index is 675. The minimum Gasteiger partial charge on any atom is -0.478 e. The summed E-state index contributed by atoms with van der Waals surface area (Å²) in [5.74, 6) is 0.722. The molecule has 1 aliphatic rings. The lowest BCUT2D eigenvalue weighted by atomic mass is 9.96.